The third-order valence-corrected chi connectivity index (χ3v) is 4.69. The molecule has 30 heavy (non-hydrogen) atoms. The van der Waals surface area contributed by atoms with E-state index in [1.165, 1.54) is 0 Å². The van der Waals surface area contributed by atoms with Crippen molar-refractivity contribution in [2.24, 2.45) is 4.99 Å². The van der Waals surface area contributed by atoms with Crippen LogP contribution in [0.3, 0.4) is 0 Å². The van der Waals surface area contributed by atoms with Crippen molar-refractivity contribution in [3.8, 4) is 6.07 Å². The predicted octanol–water partition coefficient (Wildman–Crippen LogP) is 5.22. The fourth-order valence-electron chi connectivity index (χ4n) is 3.30. The van der Waals surface area contributed by atoms with Gasteiger partial charge in [-0.2, -0.15) is 10.3 Å². The molecule has 164 valence electrons. The van der Waals surface area contributed by atoms with Crippen molar-refractivity contribution in [2.75, 3.05) is 32.1 Å². The van der Waals surface area contributed by atoms with Crippen molar-refractivity contribution < 1.29 is 4.42 Å². The number of aliphatic imine (C=N–C) groups is 1. The minimum absolute atomic E-state index is 0.234. The number of benzene rings is 1. The first-order valence-corrected chi connectivity index (χ1v) is 10.8. The van der Waals surface area contributed by atoms with E-state index in [9.17, 15) is 5.26 Å². The largest absolute Gasteiger partial charge is 0.406 e. The van der Waals surface area contributed by atoms with Crippen LogP contribution >= 0.6 is 0 Å². The summed E-state index contributed by atoms with van der Waals surface area (Å²) in [5, 5.41) is 17.7. The summed E-state index contributed by atoms with van der Waals surface area (Å²) in [4.78, 5) is 8.27. The average Bonchev–Trinajstić information content (AvgIpc) is 3.26. The fraction of sp³-hybridized carbons (Fsp3) is 0.565. The maximum absolute atomic E-state index is 9.55. The first kappa shape index (κ1) is 25.2. The summed E-state index contributed by atoms with van der Waals surface area (Å²) >= 11 is 0. The van der Waals surface area contributed by atoms with Gasteiger partial charge >= 0.3 is 6.01 Å². The van der Waals surface area contributed by atoms with Crippen LogP contribution in [0.5, 0.6) is 0 Å². The minimum atomic E-state index is 0.234. The van der Waals surface area contributed by atoms with Gasteiger partial charge in [-0.3, -0.25) is 0 Å². The van der Waals surface area contributed by atoms with Crippen molar-refractivity contribution in [2.45, 2.75) is 60.3 Å². The van der Waals surface area contributed by atoms with Crippen LogP contribution in [0.2, 0.25) is 0 Å². The zero-order valence-electron chi connectivity index (χ0n) is 19.7. The lowest BCUT2D eigenvalue weighted by molar-refractivity contribution is 0.397. The van der Waals surface area contributed by atoms with E-state index in [1.54, 1.807) is 6.34 Å². The lowest BCUT2D eigenvalue weighted by atomic mass is 9.94. The molecule has 0 aliphatic carbocycles. The molecule has 0 radical (unpaired) electrons. The molecule has 1 aromatic heterocycles. The van der Waals surface area contributed by atoms with Gasteiger partial charge in [0.05, 0.1) is 17.6 Å². The maximum atomic E-state index is 9.55. The number of rotatable bonds is 4. The molecule has 7 nitrogen and oxygen atoms in total. The zero-order valence-corrected chi connectivity index (χ0v) is 19.7. The molecular weight excluding hydrogens is 376 g/mol. The zero-order chi connectivity index (χ0) is 22.7. The van der Waals surface area contributed by atoms with Crippen molar-refractivity contribution >= 4 is 18.0 Å². The Balaban J connectivity index is 0.00000106. The molecule has 0 bridgehead atoms. The minimum Gasteiger partial charge on any atom is -0.406 e. The van der Waals surface area contributed by atoms with E-state index in [2.05, 4.69) is 39.1 Å². The third kappa shape index (κ3) is 6.31. The first-order chi connectivity index (χ1) is 14.5. The molecule has 2 heterocycles. The molecule has 0 N–H and O–H groups in total. The monoisotopic (exact) mass is 412 g/mol. The van der Waals surface area contributed by atoms with Crippen molar-refractivity contribution in [1.29, 1.82) is 5.26 Å². The number of anilines is 1. The van der Waals surface area contributed by atoms with Gasteiger partial charge < -0.3 is 14.2 Å². The Morgan fingerprint density at radius 1 is 1.10 bits per heavy atom. The van der Waals surface area contributed by atoms with E-state index in [0.717, 1.165) is 48.3 Å². The molecule has 0 amide bonds. The number of nitriles is 1. The fourth-order valence-corrected chi connectivity index (χ4v) is 3.30. The van der Waals surface area contributed by atoms with Crippen LogP contribution in [0.15, 0.2) is 21.5 Å². The highest BCUT2D eigenvalue weighted by Crippen LogP contribution is 2.34. The Labute approximate surface area is 181 Å². The van der Waals surface area contributed by atoms with E-state index in [4.69, 9.17) is 4.42 Å². The van der Waals surface area contributed by atoms with Crippen LogP contribution < -0.4 is 4.90 Å². The van der Waals surface area contributed by atoms with Gasteiger partial charge in [0.15, 0.2) is 0 Å². The topological polar surface area (TPSA) is 81.6 Å². The van der Waals surface area contributed by atoms with E-state index >= 15 is 0 Å². The summed E-state index contributed by atoms with van der Waals surface area (Å²) in [6, 6.07) is 6.76. The molecule has 3 rings (SSSR count). The number of aryl methyl sites for hydroxylation is 2. The molecule has 0 saturated carbocycles. The number of hydrogen-bond donors (Lipinski definition) is 0. The normalized spacial score (nSPS) is 13.8. The molecular formula is C23H36N6O. The van der Waals surface area contributed by atoms with Crippen molar-refractivity contribution in [1.82, 2.24) is 15.1 Å². The van der Waals surface area contributed by atoms with Gasteiger partial charge in [0.2, 0.25) is 5.89 Å². The molecule has 1 fully saturated rings. The van der Waals surface area contributed by atoms with Crippen LogP contribution in [0.4, 0.5) is 11.7 Å². The van der Waals surface area contributed by atoms with E-state index < -0.39 is 0 Å². The number of aromatic nitrogens is 2. The van der Waals surface area contributed by atoms with Gasteiger partial charge in [0.25, 0.3) is 0 Å². The lowest BCUT2D eigenvalue weighted by Crippen LogP contribution is -2.34. The summed E-state index contributed by atoms with van der Waals surface area (Å²) in [6.07, 6.45) is 3.47. The van der Waals surface area contributed by atoms with Gasteiger partial charge in [0, 0.05) is 33.1 Å². The van der Waals surface area contributed by atoms with Gasteiger partial charge in [-0.05, 0) is 37.8 Å². The Morgan fingerprint density at radius 2 is 1.70 bits per heavy atom. The summed E-state index contributed by atoms with van der Waals surface area (Å²) in [5.41, 5.74) is 4.01. The SMILES string of the molecule is CC.CC.Cc1ccc(C)c(N2CCC(c3nnc(/N=C/N(C)C)o3)CC2)c1C#N. The summed E-state index contributed by atoms with van der Waals surface area (Å²) in [7, 11) is 3.78. The molecule has 1 aliphatic rings. The molecule has 0 spiro atoms. The second kappa shape index (κ2) is 12.6. The first-order valence-electron chi connectivity index (χ1n) is 10.8. The molecule has 0 unspecified atom stereocenters. The number of hydrogen-bond acceptors (Lipinski definition) is 6. The molecule has 0 atom stereocenters. The van der Waals surface area contributed by atoms with Gasteiger partial charge in [-0.1, -0.05) is 44.9 Å². The highest BCUT2D eigenvalue weighted by atomic mass is 16.4. The summed E-state index contributed by atoms with van der Waals surface area (Å²) < 4.78 is 5.68. The van der Waals surface area contributed by atoms with E-state index in [-0.39, 0.29) is 11.9 Å². The third-order valence-electron chi connectivity index (χ3n) is 4.69. The Kier molecular flexibility index (Phi) is 10.6. The molecule has 1 aromatic carbocycles. The smallest absolute Gasteiger partial charge is 0.343 e. The number of piperidine rings is 1. The highest BCUT2D eigenvalue weighted by Gasteiger charge is 2.27. The lowest BCUT2D eigenvalue weighted by Gasteiger charge is -2.34. The van der Waals surface area contributed by atoms with Crippen LogP contribution in [0.25, 0.3) is 0 Å². The molecule has 2 aromatic rings. The quantitative estimate of drug-likeness (QED) is 0.506. The Hall–Kier alpha value is -2.88. The summed E-state index contributed by atoms with van der Waals surface area (Å²) in [5.74, 6) is 0.884. The predicted molar refractivity (Wildman–Crippen MR) is 124 cm³/mol. The van der Waals surface area contributed by atoms with Crippen molar-refractivity contribution in [3.63, 3.8) is 0 Å². The van der Waals surface area contributed by atoms with Crippen LogP contribution in [-0.2, 0) is 0 Å². The Morgan fingerprint density at radius 3 is 2.27 bits per heavy atom. The Bertz CT molecular complexity index is 842. The molecule has 1 aliphatic heterocycles. The van der Waals surface area contributed by atoms with Gasteiger partial charge in [-0.15, -0.1) is 5.10 Å². The standard InChI is InChI=1S/C19H24N6O.2C2H6/c1-13-5-6-14(2)17(16(13)11-20)25-9-7-15(8-10-25)18-22-23-19(26-18)21-12-24(3)4;2*1-2/h5-6,12,15H,7-10H2,1-4H3;2*1-2H3/b21-12+;;. The molecule has 7 heteroatoms. The van der Waals surface area contributed by atoms with Gasteiger partial charge in [-0.25, -0.2) is 0 Å². The average molecular weight is 413 g/mol. The highest BCUT2D eigenvalue weighted by molar-refractivity contribution is 5.67. The second-order valence-electron chi connectivity index (χ2n) is 6.93. The van der Waals surface area contributed by atoms with Crippen LogP contribution in [0.1, 0.15) is 69.0 Å². The van der Waals surface area contributed by atoms with Crippen molar-refractivity contribution in [3.05, 3.63) is 34.7 Å². The van der Waals surface area contributed by atoms with E-state index in [1.807, 2.05) is 59.7 Å². The second-order valence-corrected chi connectivity index (χ2v) is 6.93. The molecule has 1 saturated heterocycles. The van der Waals surface area contributed by atoms with Gasteiger partial charge in [0.1, 0.15) is 6.07 Å². The van der Waals surface area contributed by atoms with E-state index in [0.29, 0.717) is 5.89 Å². The maximum Gasteiger partial charge on any atom is 0.343 e. The summed E-state index contributed by atoms with van der Waals surface area (Å²) in [6.45, 7) is 13.8. The van der Waals surface area contributed by atoms with Crippen LogP contribution in [-0.4, -0.2) is 48.6 Å². The number of nitrogens with zero attached hydrogens (tertiary/aromatic N) is 6. The van der Waals surface area contributed by atoms with Crippen LogP contribution in [0, 0.1) is 25.2 Å².